The Bertz CT molecular complexity index is 1140. The van der Waals surface area contributed by atoms with Gasteiger partial charge in [0, 0.05) is 18.6 Å². The molecule has 3 aromatic carbocycles. The van der Waals surface area contributed by atoms with Gasteiger partial charge in [0.2, 0.25) is 0 Å². The van der Waals surface area contributed by atoms with Gasteiger partial charge in [-0.05, 0) is 42.0 Å². The second-order valence-electron chi connectivity index (χ2n) is 7.71. The summed E-state index contributed by atoms with van der Waals surface area (Å²) in [5.74, 6) is -0.459. The number of ether oxygens (including phenoxy) is 3. The van der Waals surface area contributed by atoms with Gasteiger partial charge in [0.25, 0.3) is 0 Å². The lowest BCUT2D eigenvalue weighted by Gasteiger charge is -2.26. The number of aliphatic carboxylic acids is 1. The van der Waals surface area contributed by atoms with Crippen molar-refractivity contribution in [2.24, 2.45) is 0 Å². The van der Waals surface area contributed by atoms with Gasteiger partial charge in [-0.15, -0.1) is 0 Å². The number of carbonyl (C=O) groups excluding carboxylic acids is 1. The van der Waals surface area contributed by atoms with Crippen LogP contribution in [0.4, 0.5) is 10.5 Å². The number of rotatable bonds is 12. The number of methoxy groups -OCH3 is 1. The number of carboxylic acid groups (broad SMARTS) is 1. The first-order chi connectivity index (χ1) is 17.0. The molecule has 0 bridgehead atoms. The predicted molar refractivity (Wildman–Crippen MR) is 133 cm³/mol. The minimum atomic E-state index is -1.03. The zero-order chi connectivity index (χ0) is 25.0. The average molecular weight is 480 g/mol. The minimum Gasteiger partial charge on any atom is -0.491 e. The summed E-state index contributed by atoms with van der Waals surface area (Å²) in [4.78, 5) is 23.7. The molecule has 0 unspecified atom stereocenters. The molecule has 1 amide bonds. The lowest BCUT2D eigenvalue weighted by Crippen LogP contribution is -2.28. The van der Waals surface area contributed by atoms with Crippen LogP contribution in [0.25, 0.3) is 10.8 Å². The van der Waals surface area contributed by atoms with Crippen molar-refractivity contribution in [1.82, 2.24) is 0 Å². The van der Waals surface area contributed by atoms with Gasteiger partial charge in [-0.25, -0.2) is 9.59 Å². The molecule has 0 radical (unpaired) electrons. The fraction of sp³-hybridized carbons (Fsp3) is 0.259. The van der Waals surface area contributed by atoms with Crippen molar-refractivity contribution in [3.63, 3.8) is 0 Å². The van der Waals surface area contributed by atoms with Crippen molar-refractivity contribution >= 4 is 28.5 Å². The molecule has 0 saturated carbocycles. The molecule has 0 fully saturated rings. The summed E-state index contributed by atoms with van der Waals surface area (Å²) in [6.45, 7) is 0.0702. The highest BCUT2D eigenvalue weighted by molar-refractivity contribution is 6.00. The topological polar surface area (TPSA) is 114 Å². The monoisotopic (exact) mass is 479 g/mol. The van der Waals surface area contributed by atoms with Gasteiger partial charge in [-0.3, -0.25) is 5.32 Å². The summed E-state index contributed by atoms with van der Waals surface area (Å²) in [5, 5.41) is 22.5. The average Bonchev–Trinajstić information content (AvgIpc) is 2.87. The highest BCUT2D eigenvalue weighted by Crippen LogP contribution is 2.30. The third-order valence-corrected chi connectivity index (χ3v) is 5.35. The summed E-state index contributed by atoms with van der Waals surface area (Å²) in [6, 6.07) is 20.3. The van der Waals surface area contributed by atoms with Crippen LogP contribution in [-0.2, 0) is 14.3 Å². The van der Waals surface area contributed by atoms with E-state index in [0.29, 0.717) is 29.8 Å². The van der Waals surface area contributed by atoms with Gasteiger partial charge >= 0.3 is 12.1 Å². The molecular formula is C27H29NO7. The number of fused-ring (bicyclic) bond motifs is 1. The Hall–Kier alpha value is -3.88. The van der Waals surface area contributed by atoms with E-state index in [1.165, 1.54) is 13.2 Å². The van der Waals surface area contributed by atoms with Gasteiger partial charge in [0.15, 0.2) is 6.10 Å². The molecule has 35 heavy (non-hydrogen) atoms. The van der Waals surface area contributed by atoms with Crippen molar-refractivity contribution in [1.29, 1.82) is 0 Å². The highest BCUT2D eigenvalue weighted by atomic mass is 16.6. The maximum atomic E-state index is 13.0. The molecule has 184 valence electrons. The number of hydrogen-bond acceptors (Lipinski definition) is 6. The Morgan fingerprint density at radius 3 is 2.49 bits per heavy atom. The summed E-state index contributed by atoms with van der Waals surface area (Å²) in [7, 11) is 1.52. The molecule has 0 aliphatic carbocycles. The van der Waals surface area contributed by atoms with E-state index in [4.69, 9.17) is 24.4 Å². The molecule has 0 aromatic heterocycles. The van der Waals surface area contributed by atoms with Crippen molar-refractivity contribution in [2.75, 3.05) is 25.6 Å². The molecule has 3 aromatic rings. The summed E-state index contributed by atoms with van der Waals surface area (Å²) in [6.07, 6.45) is 1.52. The molecule has 3 N–H and O–H groups in total. The fourth-order valence-corrected chi connectivity index (χ4v) is 3.70. The highest BCUT2D eigenvalue weighted by Gasteiger charge is 2.27. The minimum absolute atomic E-state index is 0.0998. The number of hydrogen-bond donors (Lipinski definition) is 3. The maximum Gasteiger partial charge on any atom is 0.412 e. The van der Waals surface area contributed by atoms with Crippen LogP contribution in [-0.4, -0.2) is 48.7 Å². The number of aliphatic hydroxyl groups is 1. The number of anilines is 1. The quantitative estimate of drug-likeness (QED) is 0.315. The molecule has 8 heteroatoms. The van der Waals surface area contributed by atoms with E-state index in [2.05, 4.69) is 5.32 Å². The van der Waals surface area contributed by atoms with Crippen LogP contribution in [0, 0.1) is 0 Å². The number of nitrogens with one attached hydrogen (secondary N) is 1. The largest absolute Gasteiger partial charge is 0.491 e. The number of allylic oxidation sites excluding steroid dienone is 1. The normalized spacial score (nSPS) is 12.9. The van der Waals surface area contributed by atoms with Crippen LogP contribution in [0.15, 0.2) is 78.9 Å². The zero-order valence-electron chi connectivity index (χ0n) is 19.4. The van der Waals surface area contributed by atoms with Gasteiger partial charge in [0.1, 0.15) is 12.4 Å². The number of aliphatic hydroxyl groups excluding tert-OH is 1. The molecule has 0 saturated heterocycles. The van der Waals surface area contributed by atoms with Crippen molar-refractivity contribution in [3.05, 3.63) is 84.4 Å². The third kappa shape index (κ3) is 7.56. The molecule has 0 aliphatic heterocycles. The number of carboxylic acids is 1. The van der Waals surface area contributed by atoms with Crippen LogP contribution >= 0.6 is 0 Å². The van der Waals surface area contributed by atoms with Crippen LogP contribution in [0.3, 0.4) is 0 Å². The number of amides is 1. The second kappa shape index (κ2) is 13.1. The van der Waals surface area contributed by atoms with E-state index in [9.17, 15) is 9.59 Å². The summed E-state index contributed by atoms with van der Waals surface area (Å²) in [5.41, 5.74) is 1.31. The van der Waals surface area contributed by atoms with Crippen LogP contribution in [0.5, 0.6) is 5.75 Å². The van der Waals surface area contributed by atoms with E-state index in [0.717, 1.165) is 16.8 Å². The molecule has 0 aliphatic rings. The molecular weight excluding hydrogens is 450 g/mol. The Morgan fingerprint density at radius 1 is 1.03 bits per heavy atom. The lowest BCUT2D eigenvalue weighted by atomic mass is 10.00. The molecule has 8 nitrogen and oxygen atoms in total. The molecule has 3 rings (SSSR count). The number of carbonyl (C=O) groups is 2. The maximum absolute atomic E-state index is 13.0. The second-order valence-corrected chi connectivity index (χ2v) is 7.71. The number of benzene rings is 3. The van der Waals surface area contributed by atoms with E-state index < -0.39 is 24.3 Å². The fourth-order valence-electron chi connectivity index (χ4n) is 3.70. The molecule has 0 spiro atoms. The van der Waals surface area contributed by atoms with Gasteiger partial charge in [-0.2, -0.15) is 0 Å². The predicted octanol–water partition coefficient (Wildman–Crippen LogP) is 4.94. The van der Waals surface area contributed by atoms with Crippen LogP contribution in [0.2, 0.25) is 0 Å². The first kappa shape index (κ1) is 25.7. The van der Waals surface area contributed by atoms with E-state index in [-0.39, 0.29) is 13.2 Å². The standard InChI is InChI=1S/C27H29NO7/c1-33-24(11-4-5-12-25(30)31)26(20-13-15-21(16-14-20)34-18-17-29)35-27(32)28-23-10-6-8-19-7-2-3-9-22(19)23/h2-3,5-10,12-16,24,26,29H,4,11,17-18H2,1H3,(H,28,32)(H,30,31)/b12-5+/t24-,26-/m0/s1. The Balaban J connectivity index is 1.80. The van der Waals surface area contributed by atoms with E-state index in [1.807, 2.05) is 36.4 Å². The Labute approximate surface area is 203 Å². The summed E-state index contributed by atoms with van der Waals surface area (Å²) < 4.78 is 16.9. The Morgan fingerprint density at radius 2 is 1.77 bits per heavy atom. The Kier molecular flexibility index (Phi) is 9.65. The van der Waals surface area contributed by atoms with Gasteiger partial charge in [-0.1, -0.05) is 54.6 Å². The van der Waals surface area contributed by atoms with Gasteiger partial charge < -0.3 is 24.4 Å². The third-order valence-electron chi connectivity index (χ3n) is 5.35. The van der Waals surface area contributed by atoms with Crippen molar-refractivity contribution in [3.8, 4) is 5.75 Å². The molecule has 0 heterocycles. The van der Waals surface area contributed by atoms with Crippen molar-refractivity contribution in [2.45, 2.75) is 25.0 Å². The smallest absolute Gasteiger partial charge is 0.412 e. The van der Waals surface area contributed by atoms with Crippen molar-refractivity contribution < 1.29 is 34.0 Å². The van der Waals surface area contributed by atoms with Gasteiger partial charge in [0.05, 0.1) is 18.4 Å². The van der Waals surface area contributed by atoms with E-state index >= 15 is 0 Å². The molecule has 2 atom stereocenters. The lowest BCUT2D eigenvalue weighted by molar-refractivity contribution is -0.131. The first-order valence-corrected chi connectivity index (χ1v) is 11.2. The zero-order valence-corrected chi connectivity index (χ0v) is 19.4. The first-order valence-electron chi connectivity index (χ1n) is 11.2. The SMILES string of the molecule is CO[C@@H](CC/C=C/C(=O)O)[C@@H](OC(=O)Nc1cccc2ccccc12)c1ccc(OCCO)cc1. The van der Waals surface area contributed by atoms with Crippen LogP contribution < -0.4 is 10.1 Å². The summed E-state index contributed by atoms with van der Waals surface area (Å²) >= 11 is 0. The van der Waals surface area contributed by atoms with Crippen LogP contribution in [0.1, 0.15) is 24.5 Å². The van der Waals surface area contributed by atoms with E-state index in [1.54, 1.807) is 30.3 Å².